The molecule has 0 aromatic heterocycles. The molecule has 0 spiro atoms. The summed E-state index contributed by atoms with van der Waals surface area (Å²) in [6, 6.07) is 7.41. The quantitative estimate of drug-likeness (QED) is 0.474. The minimum absolute atomic E-state index is 0. The fraction of sp³-hybridized carbons (Fsp3) is 0.500. The summed E-state index contributed by atoms with van der Waals surface area (Å²) in [5.74, 6) is 0.737. The number of ether oxygens (including phenoxy) is 2. The third kappa shape index (κ3) is 5.00. The Balaban J connectivity index is 0.00000200. The van der Waals surface area contributed by atoms with Crippen molar-refractivity contribution in [1.29, 1.82) is 5.41 Å². The zero-order valence-corrected chi connectivity index (χ0v) is 12.3. The van der Waals surface area contributed by atoms with Crippen LogP contribution < -0.4 is 10.5 Å². The van der Waals surface area contributed by atoms with Crippen molar-refractivity contribution in [3.05, 3.63) is 29.8 Å². The Hall–Kier alpha value is -1.30. The second-order valence-corrected chi connectivity index (χ2v) is 4.57. The Bertz CT molecular complexity index is 423. The maximum Gasteiger partial charge on any atom is 0.130 e. The van der Waals surface area contributed by atoms with Crippen LogP contribution in [-0.2, 0) is 4.74 Å². The molecule has 2 rings (SSSR count). The third-order valence-corrected chi connectivity index (χ3v) is 3.16. The molecule has 0 saturated carbocycles. The van der Waals surface area contributed by atoms with E-state index >= 15 is 0 Å². The lowest BCUT2D eigenvalue weighted by molar-refractivity contribution is 0.0358. The van der Waals surface area contributed by atoms with E-state index in [0.29, 0.717) is 17.9 Å². The molecule has 112 valence electrons. The van der Waals surface area contributed by atoms with E-state index in [2.05, 4.69) is 4.90 Å². The van der Waals surface area contributed by atoms with Gasteiger partial charge in [0.2, 0.25) is 0 Å². The van der Waals surface area contributed by atoms with Crippen molar-refractivity contribution in [1.82, 2.24) is 4.90 Å². The summed E-state index contributed by atoms with van der Waals surface area (Å²) in [5, 5.41) is 7.49. The molecule has 1 heterocycles. The Morgan fingerprint density at radius 3 is 2.70 bits per heavy atom. The van der Waals surface area contributed by atoms with Crippen molar-refractivity contribution < 1.29 is 9.47 Å². The van der Waals surface area contributed by atoms with Gasteiger partial charge in [0.05, 0.1) is 25.4 Å². The van der Waals surface area contributed by atoms with E-state index in [4.69, 9.17) is 20.6 Å². The highest BCUT2D eigenvalue weighted by molar-refractivity contribution is 5.97. The Kier molecular flexibility index (Phi) is 7.36. The smallest absolute Gasteiger partial charge is 0.130 e. The summed E-state index contributed by atoms with van der Waals surface area (Å²) < 4.78 is 11.0. The first-order valence-corrected chi connectivity index (χ1v) is 6.63. The summed E-state index contributed by atoms with van der Waals surface area (Å²) in [4.78, 5) is 2.38. The van der Waals surface area contributed by atoms with Crippen LogP contribution in [0.15, 0.2) is 24.3 Å². The molecule has 0 atom stereocenters. The van der Waals surface area contributed by atoms with Crippen LogP contribution in [0.3, 0.4) is 0 Å². The van der Waals surface area contributed by atoms with Crippen LogP contribution in [-0.4, -0.2) is 50.2 Å². The van der Waals surface area contributed by atoms with Crippen molar-refractivity contribution in [3.63, 3.8) is 0 Å². The maximum absolute atomic E-state index is 7.49. The average Bonchev–Trinajstić information content (AvgIpc) is 2.45. The summed E-state index contributed by atoms with van der Waals surface area (Å²) in [6.45, 7) is 5.32. The van der Waals surface area contributed by atoms with Crippen molar-refractivity contribution in [2.24, 2.45) is 5.73 Å². The second kappa shape index (κ2) is 8.79. The summed E-state index contributed by atoms with van der Waals surface area (Å²) in [5.41, 5.74) is 6.18. The van der Waals surface area contributed by atoms with Gasteiger partial charge in [-0.1, -0.05) is 12.1 Å². The molecule has 0 amide bonds. The van der Waals surface area contributed by atoms with Crippen LogP contribution in [0.4, 0.5) is 0 Å². The van der Waals surface area contributed by atoms with Gasteiger partial charge in [-0.25, -0.2) is 0 Å². The van der Waals surface area contributed by atoms with Crippen molar-refractivity contribution >= 4 is 18.2 Å². The van der Waals surface area contributed by atoms with Crippen LogP contribution in [0.1, 0.15) is 12.0 Å². The predicted octanol–water partition coefficient (Wildman–Crippen LogP) is 1.49. The van der Waals surface area contributed by atoms with E-state index in [0.717, 1.165) is 39.3 Å². The number of morpholine rings is 1. The molecule has 0 bridgehead atoms. The summed E-state index contributed by atoms with van der Waals surface area (Å²) >= 11 is 0. The summed E-state index contributed by atoms with van der Waals surface area (Å²) in [7, 11) is 0. The molecule has 1 aliphatic heterocycles. The largest absolute Gasteiger partial charge is 0.493 e. The zero-order valence-electron chi connectivity index (χ0n) is 11.5. The minimum atomic E-state index is 0. The van der Waals surface area contributed by atoms with E-state index in [-0.39, 0.29) is 18.2 Å². The molecule has 20 heavy (non-hydrogen) atoms. The van der Waals surface area contributed by atoms with Gasteiger partial charge in [0, 0.05) is 19.6 Å². The van der Waals surface area contributed by atoms with Gasteiger partial charge in [0.15, 0.2) is 0 Å². The van der Waals surface area contributed by atoms with Gasteiger partial charge >= 0.3 is 0 Å². The first-order chi connectivity index (χ1) is 9.27. The van der Waals surface area contributed by atoms with Gasteiger partial charge < -0.3 is 15.2 Å². The number of benzene rings is 1. The Labute approximate surface area is 126 Å². The molecule has 1 aromatic rings. The minimum Gasteiger partial charge on any atom is -0.493 e. The molecule has 1 saturated heterocycles. The van der Waals surface area contributed by atoms with Gasteiger partial charge in [-0.3, -0.25) is 10.3 Å². The maximum atomic E-state index is 7.49. The van der Waals surface area contributed by atoms with Crippen LogP contribution in [0.25, 0.3) is 0 Å². The third-order valence-electron chi connectivity index (χ3n) is 3.16. The van der Waals surface area contributed by atoms with Crippen molar-refractivity contribution in [3.8, 4) is 5.75 Å². The monoisotopic (exact) mass is 299 g/mol. The highest BCUT2D eigenvalue weighted by atomic mass is 35.5. The topological polar surface area (TPSA) is 71.6 Å². The lowest BCUT2D eigenvalue weighted by Crippen LogP contribution is -2.37. The average molecular weight is 300 g/mol. The fourth-order valence-corrected chi connectivity index (χ4v) is 2.11. The highest BCUT2D eigenvalue weighted by Crippen LogP contribution is 2.17. The predicted molar refractivity (Wildman–Crippen MR) is 82.1 cm³/mol. The van der Waals surface area contributed by atoms with Crippen LogP contribution in [0.5, 0.6) is 5.75 Å². The number of nitrogen functional groups attached to an aromatic ring is 1. The van der Waals surface area contributed by atoms with Gasteiger partial charge in [0.25, 0.3) is 0 Å². The number of rotatable bonds is 6. The Morgan fingerprint density at radius 2 is 2.00 bits per heavy atom. The standard InChI is InChI=1S/C14H21N3O2.ClH/c15-14(16)12-4-1-2-5-13(12)19-9-3-6-17-7-10-18-11-8-17;/h1-2,4-5H,3,6-11H2,(H3,15,16);1H. The number of hydrogen-bond acceptors (Lipinski definition) is 4. The molecule has 0 radical (unpaired) electrons. The molecule has 1 aromatic carbocycles. The number of para-hydroxylation sites is 1. The molecule has 0 unspecified atom stereocenters. The number of nitrogens with two attached hydrogens (primary N) is 1. The molecule has 1 aliphatic rings. The molecule has 0 aliphatic carbocycles. The second-order valence-electron chi connectivity index (χ2n) is 4.57. The lowest BCUT2D eigenvalue weighted by atomic mass is 10.2. The number of amidine groups is 1. The van der Waals surface area contributed by atoms with E-state index in [1.807, 2.05) is 18.2 Å². The molecule has 3 N–H and O–H groups in total. The number of halogens is 1. The normalized spacial score (nSPS) is 15.4. The molecule has 5 nitrogen and oxygen atoms in total. The number of nitrogens with zero attached hydrogens (tertiary/aromatic N) is 1. The first-order valence-electron chi connectivity index (χ1n) is 6.63. The zero-order chi connectivity index (χ0) is 13.5. The Morgan fingerprint density at radius 1 is 1.30 bits per heavy atom. The van der Waals surface area contributed by atoms with E-state index in [1.54, 1.807) is 6.07 Å². The first kappa shape index (κ1) is 16.8. The number of hydrogen-bond donors (Lipinski definition) is 2. The van der Waals surface area contributed by atoms with Crippen molar-refractivity contribution in [2.75, 3.05) is 39.5 Å². The van der Waals surface area contributed by atoms with Gasteiger partial charge in [0.1, 0.15) is 11.6 Å². The molecule has 1 fully saturated rings. The van der Waals surface area contributed by atoms with Gasteiger partial charge in [-0.2, -0.15) is 0 Å². The van der Waals surface area contributed by atoms with E-state index in [1.165, 1.54) is 0 Å². The molecule has 6 heteroatoms. The van der Waals surface area contributed by atoms with Gasteiger partial charge in [-0.05, 0) is 18.6 Å². The molecular formula is C14H22ClN3O2. The van der Waals surface area contributed by atoms with E-state index < -0.39 is 0 Å². The highest BCUT2D eigenvalue weighted by Gasteiger charge is 2.10. The van der Waals surface area contributed by atoms with E-state index in [9.17, 15) is 0 Å². The van der Waals surface area contributed by atoms with Crippen LogP contribution in [0, 0.1) is 5.41 Å². The SMILES string of the molecule is Cl.N=C(N)c1ccccc1OCCCN1CCOCC1. The van der Waals surface area contributed by atoms with Gasteiger partial charge in [-0.15, -0.1) is 12.4 Å². The summed E-state index contributed by atoms with van der Waals surface area (Å²) in [6.07, 6.45) is 0.965. The van der Waals surface area contributed by atoms with Crippen molar-refractivity contribution in [2.45, 2.75) is 6.42 Å². The fourth-order valence-electron chi connectivity index (χ4n) is 2.11. The van der Waals surface area contributed by atoms with Crippen LogP contribution >= 0.6 is 12.4 Å². The number of nitrogens with one attached hydrogen (secondary N) is 1. The van der Waals surface area contributed by atoms with Crippen LogP contribution in [0.2, 0.25) is 0 Å². The lowest BCUT2D eigenvalue weighted by Gasteiger charge is -2.26. The molecular weight excluding hydrogens is 278 g/mol.